The van der Waals surface area contributed by atoms with Crippen molar-refractivity contribution >= 4 is 17.3 Å². The molecule has 0 unspecified atom stereocenters. The van der Waals surface area contributed by atoms with Crippen molar-refractivity contribution in [1.29, 1.82) is 0 Å². The number of anilines is 1. The second kappa shape index (κ2) is 8.66. The quantitative estimate of drug-likeness (QED) is 0.306. The molecular formula is C25H22N4O4. The Morgan fingerprint density at radius 3 is 2.30 bits per heavy atom. The van der Waals surface area contributed by atoms with Gasteiger partial charge in [0.25, 0.3) is 17.5 Å². The molecule has 33 heavy (non-hydrogen) atoms. The highest BCUT2D eigenvalue weighted by Crippen LogP contribution is 2.26. The van der Waals surface area contributed by atoms with E-state index in [0.29, 0.717) is 28.2 Å². The molecule has 0 spiro atoms. The molecule has 0 atom stereocenters. The molecule has 0 aliphatic carbocycles. The molecule has 166 valence electrons. The van der Waals surface area contributed by atoms with Crippen molar-refractivity contribution in [3.8, 4) is 22.8 Å². The monoisotopic (exact) mass is 442 g/mol. The van der Waals surface area contributed by atoms with E-state index in [-0.39, 0.29) is 22.9 Å². The summed E-state index contributed by atoms with van der Waals surface area (Å²) in [4.78, 5) is 27.4. The summed E-state index contributed by atoms with van der Waals surface area (Å²) in [6.07, 6.45) is 0. The van der Waals surface area contributed by atoms with Crippen molar-refractivity contribution < 1.29 is 14.2 Å². The Labute approximate surface area is 190 Å². The average Bonchev–Trinajstić information content (AvgIpc) is 3.29. The van der Waals surface area contributed by atoms with E-state index < -0.39 is 4.92 Å². The minimum Gasteiger partial charge on any atom is -0.334 e. The first kappa shape index (κ1) is 21.9. The fourth-order valence-corrected chi connectivity index (χ4v) is 3.24. The lowest BCUT2D eigenvalue weighted by Gasteiger charge is -2.19. The summed E-state index contributed by atoms with van der Waals surface area (Å²) in [5, 5.41) is 17.8. The molecule has 0 radical (unpaired) electrons. The van der Waals surface area contributed by atoms with Gasteiger partial charge in [-0.3, -0.25) is 14.9 Å². The van der Waals surface area contributed by atoms with Gasteiger partial charge in [-0.15, -0.1) is 0 Å². The van der Waals surface area contributed by atoms with Crippen LogP contribution in [0.25, 0.3) is 22.8 Å². The van der Waals surface area contributed by atoms with Gasteiger partial charge in [-0.25, -0.2) is 0 Å². The van der Waals surface area contributed by atoms with E-state index in [1.807, 2.05) is 24.3 Å². The molecule has 8 nitrogen and oxygen atoms in total. The third kappa shape index (κ3) is 4.95. The first-order valence-electron chi connectivity index (χ1n) is 10.3. The number of hydrogen-bond donors (Lipinski definition) is 1. The summed E-state index contributed by atoms with van der Waals surface area (Å²) >= 11 is 0. The van der Waals surface area contributed by atoms with Gasteiger partial charge >= 0.3 is 0 Å². The van der Waals surface area contributed by atoms with Gasteiger partial charge in [0.15, 0.2) is 0 Å². The summed E-state index contributed by atoms with van der Waals surface area (Å²) in [6, 6.07) is 20.6. The zero-order valence-corrected chi connectivity index (χ0v) is 18.4. The van der Waals surface area contributed by atoms with Crippen molar-refractivity contribution in [2.45, 2.75) is 26.2 Å². The number of nitrogens with zero attached hydrogens (tertiary/aromatic N) is 3. The van der Waals surface area contributed by atoms with Crippen LogP contribution in [-0.4, -0.2) is 21.0 Å². The number of nitro benzene ring substituents is 1. The van der Waals surface area contributed by atoms with Crippen LogP contribution in [0.3, 0.4) is 0 Å². The molecule has 0 saturated heterocycles. The number of amides is 1. The standard InChI is InChI=1S/C25H22N4O4/c1-25(2,3)19-11-7-17(8-12-19)23(30)26-20-13-9-16(10-14-20)22-27-24(33-28-22)18-5-4-6-21(15-18)29(31)32/h4-15H,1-3H3,(H,26,30). The fraction of sp³-hybridized carbons (Fsp3) is 0.160. The Hall–Kier alpha value is -4.33. The van der Waals surface area contributed by atoms with Crippen LogP contribution in [0.5, 0.6) is 0 Å². The molecule has 0 fully saturated rings. The zero-order valence-electron chi connectivity index (χ0n) is 18.4. The highest BCUT2D eigenvalue weighted by atomic mass is 16.6. The van der Waals surface area contributed by atoms with E-state index in [2.05, 4.69) is 36.2 Å². The number of nitro groups is 1. The van der Waals surface area contributed by atoms with E-state index in [0.717, 1.165) is 5.56 Å². The molecule has 1 heterocycles. The highest BCUT2D eigenvalue weighted by molar-refractivity contribution is 6.04. The number of carbonyl (C=O) groups is 1. The van der Waals surface area contributed by atoms with Gasteiger partial charge in [0.05, 0.1) is 4.92 Å². The van der Waals surface area contributed by atoms with Crippen molar-refractivity contribution in [3.05, 3.63) is 94.0 Å². The first-order valence-corrected chi connectivity index (χ1v) is 10.3. The van der Waals surface area contributed by atoms with E-state index in [9.17, 15) is 14.9 Å². The lowest BCUT2D eigenvalue weighted by molar-refractivity contribution is -0.384. The SMILES string of the molecule is CC(C)(C)c1ccc(C(=O)Nc2ccc(-c3noc(-c4cccc([N+](=O)[O-])c4)n3)cc2)cc1. The highest BCUT2D eigenvalue weighted by Gasteiger charge is 2.16. The maximum absolute atomic E-state index is 12.6. The summed E-state index contributed by atoms with van der Waals surface area (Å²) in [5.74, 6) is 0.327. The molecule has 8 heteroatoms. The predicted octanol–water partition coefficient (Wildman–Crippen LogP) is 5.86. The minimum atomic E-state index is -0.479. The van der Waals surface area contributed by atoms with Crippen molar-refractivity contribution in [3.63, 3.8) is 0 Å². The van der Waals surface area contributed by atoms with Crippen LogP contribution in [0.4, 0.5) is 11.4 Å². The van der Waals surface area contributed by atoms with Crippen LogP contribution in [0.2, 0.25) is 0 Å². The predicted molar refractivity (Wildman–Crippen MR) is 125 cm³/mol. The normalized spacial score (nSPS) is 11.2. The molecule has 3 aromatic carbocycles. The van der Waals surface area contributed by atoms with Crippen molar-refractivity contribution in [1.82, 2.24) is 10.1 Å². The Kier molecular flexibility index (Phi) is 5.74. The minimum absolute atomic E-state index is 0.0229. The summed E-state index contributed by atoms with van der Waals surface area (Å²) in [5.41, 5.74) is 3.48. The maximum atomic E-state index is 12.6. The third-order valence-corrected chi connectivity index (χ3v) is 5.14. The molecule has 0 bridgehead atoms. The van der Waals surface area contributed by atoms with Gasteiger partial charge in [-0.05, 0) is 53.4 Å². The number of nitrogens with one attached hydrogen (secondary N) is 1. The van der Waals surface area contributed by atoms with Gasteiger partial charge in [0.1, 0.15) is 0 Å². The Bertz CT molecular complexity index is 1300. The van der Waals surface area contributed by atoms with E-state index in [4.69, 9.17) is 4.52 Å². The fourth-order valence-electron chi connectivity index (χ4n) is 3.24. The number of rotatable bonds is 5. The Morgan fingerprint density at radius 2 is 1.67 bits per heavy atom. The summed E-state index contributed by atoms with van der Waals surface area (Å²) < 4.78 is 5.27. The number of benzene rings is 3. The van der Waals surface area contributed by atoms with E-state index in [1.165, 1.54) is 12.1 Å². The van der Waals surface area contributed by atoms with Gasteiger partial charge in [0.2, 0.25) is 5.82 Å². The summed E-state index contributed by atoms with van der Waals surface area (Å²) in [6.45, 7) is 6.38. The van der Waals surface area contributed by atoms with Gasteiger partial charge in [-0.1, -0.05) is 44.1 Å². The third-order valence-electron chi connectivity index (χ3n) is 5.14. The average molecular weight is 442 g/mol. The molecule has 1 N–H and O–H groups in total. The molecule has 1 aromatic heterocycles. The second-order valence-corrected chi connectivity index (χ2v) is 8.59. The van der Waals surface area contributed by atoms with Crippen molar-refractivity contribution in [2.24, 2.45) is 0 Å². The summed E-state index contributed by atoms with van der Waals surface area (Å²) in [7, 11) is 0. The van der Waals surface area contributed by atoms with Gasteiger partial charge < -0.3 is 9.84 Å². The maximum Gasteiger partial charge on any atom is 0.270 e. The molecule has 4 rings (SSSR count). The first-order chi connectivity index (χ1) is 15.7. The topological polar surface area (TPSA) is 111 Å². The van der Waals surface area contributed by atoms with Crippen LogP contribution in [0, 0.1) is 10.1 Å². The van der Waals surface area contributed by atoms with Crippen molar-refractivity contribution in [2.75, 3.05) is 5.32 Å². The smallest absolute Gasteiger partial charge is 0.270 e. The van der Waals surface area contributed by atoms with Gasteiger partial charge in [-0.2, -0.15) is 4.98 Å². The molecule has 0 aliphatic rings. The van der Waals surface area contributed by atoms with E-state index >= 15 is 0 Å². The zero-order chi connectivity index (χ0) is 23.6. The largest absolute Gasteiger partial charge is 0.334 e. The molecule has 0 aliphatic heterocycles. The lowest BCUT2D eigenvalue weighted by atomic mass is 9.87. The number of aromatic nitrogens is 2. The van der Waals surface area contributed by atoms with Crippen LogP contribution in [-0.2, 0) is 5.41 Å². The molecular weight excluding hydrogens is 420 g/mol. The number of carbonyl (C=O) groups excluding carboxylic acids is 1. The molecule has 4 aromatic rings. The molecule has 1 amide bonds. The number of non-ortho nitro benzene ring substituents is 1. The van der Waals surface area contributed by atoms with Gasteiger partial charge in [0, 0.05) is 34.5 Å². The molecule has 0 saturated carbocycles. The van der Waals surface area contributed by atoms with Crippen LogP contribution in [0.1, 0.15) is 36.7 Å². The number of hydrogen-bond acceptors (Lipinski definition) is 6. The Balaban J connectivity index is 1.46. The van der Waals surface area contributed by atoms with Crippen LogP contribution < -0.4 is 5.32 Å². The second-order valence-electron chi connectivity index (χ2n) is 8.59. The lowest BCUT2D eigenvalue weighted by Crippen LogP contribution is -2.14. The Morgan fingerprint density at radius 1 is 0.970 bits per heavy atom. The van der Waals surface area contributed by atoms with E-state index in [1.54, 1.807) is 36.4 Å². The van der Waals surface area contributed by atoms with Crippen LogP contribution >= 0.6 is 0 Å². The van der Waals surface area contributed by atoms with Crippen LogP contribution in [0.15, 0.2) is 77.3 Å².